The molecule has 1 fully saturated rings. The summed E-state index contributed by atoms with van der Waals surface area (Å²) in [6.45, 7) is 7.02. The van der Waals surface area contributed by atoms with E-state index in [0.29, 0.717) is 0 Å². The Morgan fingerprint density at radius 3 is 2.10 bits per heavy atom. The molecule has 21 heavy (non-hydrogen) atoms. The molecule has 0 atom stereocenters. The number of alkyl halides is 3. The molecule has 0 aromatic carbocycles. The van der Waals surface area contributed by atoms with Gasteiger partial charge in [0.25, 0.3) is 0 Å². The van der Waals surface area contributed by atoms with Gasteiger partial charge < -0.3 is 14.0 Å². The van der Waals surface area contributed by atoms with Crippen molar-refractivity contribution in [3.63, 3.8) is 0 Å². The van der Waals surface area contributed by atoms with E-state index in [1.807, 2.05) is 0 Å². The first-order valence-electron chi connectivity index (χ1n) is 6.32. The number of rotatable bonds is 2. The van der Waals surface area contributed by atoms with Crippen LogP contribution in [0.5, 0.6) is 6.01 Å². The molecule has 1 aromatic heterocycles. The molecule has 0 saturated carbocycles. The lowest BCUT2D eigenvalue weighted by Crippen LogP contribution is -2.41. The second-order valence-electron chi connectivity index (χ2n) is 5.75. The monoisotopic (exact) mass is 304 g/mol. The van der Waals surface area contributed by atoms with Crippen molar-refractivity contribution < 1.29 is 27.2 Å². The van der Waals surface area contributed by atoms with Crippen LogP contribution >= 0.6 is 0 Å². The summed E-state index contributed by atoms with van der Waals surface area (Å²) >= 11 is 0. The highest BCUT2D eigenvalue weighted by molar-refractivity contribution is 6.62. The molecule has 1 aliphatic heterocycles. The fourth-order valence-corrected chi connectivity index (χ4v) is 1.84. The molecule has 0 N–H and O–H groups in total. The van der Waals surface area contributed by atoms with Gasteiger partial charge in [-0.05, 0) is 27.7 Å². The molecule has 1 aromatic rings. The molecule has 116 valence electrons. The minimum atomic E-state index is -4.66. The molecule has 2 rings (SSSR count). The maximum atomic E-state index is 13.1. The molecule has 0 bridgehead atoms. The fraction of sp³-hybridized carbons (Fsp3) is 0.667. The number of ether oxygens (including phenoxy) is 1. The molecule has 1 saturated heterocycles. The first-order chi connectivity index (χ1) is 9.48. The molecule has 0 amide bonds. The lowest BCUT2D eigenvalue weighted by molar-refractivity contribution is -0.140. The van der Waals surface area contributed by atoms with E-state index < -0.39 is 30.2 Å². The van der Waals surface area contributed by atoms with E-state index in [1.54, 1.807) is 27.7 Å². The Kier molecular flexibility index (Phi) is 3.70. The first-order valence-corrected chi connectivity index (χ1v) is 6.32. The van der Waals surface area contributed by atoms with Crippen LogP contribution in [0.3, 0.4) is 0 Å². The van der Waals surface area contributed by atoms with E-state index in [0.717, 1.165) is 6.20 Å². The van der Waals surface area contributed by atoms with E-state index in [9.17, 15) is 13.2 Å². The fourth-order valence-electron chi connectivity index (χ4n) is 1.84. The van der Waals surface area contributed by atoms with E-state index in [2.05, 4.69) is 14.7 Å². The van der Waals surface area contributed by atoms with Gasteiger partial charge in [0.15, 0.2) is 5.69 Å². The van der Waals surface area contributed by atoms with Crippen molar-refractivity contribution in [3.8, 4) is 6.01 Å². The SMILES string of the molecule is COc1ncc(B2OC(C)(C)C(C)(C)O2)c(C(F)(F)F)n1. The number of halogens is 3. The van der Waals surface area contributed by atoms with Crippen molar-refractivity contribution in [2.45, 2.75) is 45.1 Å². The third kappa shape index (κ3) is 2.84. The van der Waals surface area contributed by atoms with Crippen LogP contribution in [-0.2, 0) is 15.5 Å². The lowest BCUT2D eigenvalue weighted by Gasteiger charge is -2.32. The minimum absolute atomic E-state index is 0.262. The van der Waals surface area contributed by atoms with Gasteiger partial charge in [-0.1, -0.05) is 0 Å². The molecule has 2 heterocycles. The summed E-state index contributed by atoms with van der Waals surface area (Å²) in [5.41, 5.74) is -2.88. The molecule has 0 spiro atoms. The standard InChI is InChI=1S/C12H16BF3N2O3/c1-10(2)11(3,4)21-13(20-10)7-6-17-9(19-5)18-8(7)12(14,15)16/h6H,1-5H3. The second-order valence-corrected chi connectivity index (χ2v) is 5.75. The normalized spacial score (nSPS) is 20.7. The maximum absolute atomic E-state index is 13.1. The van der Waals surface area contributed by atoms with Crippen molar-refractivity contribution in [3.05, 3.63) is 11.9 Å². The van der Waals surface area contributed by atoms with Crippen LogP contribution < -0.4 is 10.2 Å². The van der Waals surface area contributed by atoms with Crippen molar-refractivity contribution in [1.29, 1.82) is 0 Å². The molecular weight excluding hydrogens is 288 g/mol. The minimum Gasteiger partial charge on any atom is -0.467 e. The third-order valence-electron chi connectivity index (χ3n) is 3.75. The average Bonchev–Trinajstić information content (AvgIpc) is 2.56. The summed E-state index contributed by atoms with van der Waals surface area (Å²) in [7, 11) is 0.0155. The Balaban J connectivity index is 2.46. The smallest absolute Gasteiger partial charge is 0.467 e. The van der Waals surface area contributed by atoms with Gasteiger partial charge in [-0.25, -0.2) is 4.98 Å². The molecule has 5 nitrogen and oxygen atoms in total. The number of methoxy groups -OCH3 is 1. The van der Waals surface area contributed by atoms with Crippen molar-refractivity contribution in [2.75, 3.05) is 7.11 Å². The van der Waals surface area contributed by atoms with Gasteiger partial charge in [0, 0.05) is 11.7 Å². The van der Waals surface area contributed by atoms with E-state index in [-0.39, 0.29) is 11.5 Å². The Bertz CT molecular complexity index is 533. The quantitative estimate of drug-likeness (QED) is 0.780. The first kappa shape index (κ1) is 16.0. The largest absolute Gasteiger partial charge is 0.498 e. The molecule has 0 unspecified atom stereocenters. The number of hydrogen-bond acceptors (Lipinski definition) is 5. The third-order valence-corrected chi connectivity index (χ3v) is 3.75. The lowest BCUT2D eigenvalue weighted by atomic mass is 9.78. The molecule has 1 aliphatic rings. The highest BCUT2D eigenvalue weighted by Gasteiger charge is 2.54. The van der Waals surface area contributed by atoms with Gasteiger partial charge in [0.1, 0.15) is 0 Å². The van der Waals surface area contributed by atoms with E-state index in [1.165, 1.54) is 7.11 Å². The zero-order valence-electron chi connectivity index (χ0n) is 12.4. The number of hydrogen-bond donors (Lipinski definition) is 0. The number of nitrogens with zero attached hydrogens (tertiary/aromatic N) is 2. The highest BCUT2D eigenvalue weighted by atomic mass is 19.4. The van der Waals surface area contributed by atoms with Crippen LogP contribution in [0.2, 0.25) is 0 Å². The Hall–Kier alpha value is -1.35. The summed E-state index contributed by atoms with van der Waals surface area (Å²) in [6.07, 6.45) is -3.63. The second kappa shape index (κ2) is 4.84. The van der Waals surface area contributed by atoms with Gasteiger partial charge in [0.05, 0.1) is 18.3 Å². The molecule has 9 heteroatoms. The summed E-state index contributed by atoms with van der Waals surface area (Å²) in [4.78, 5) is 7.10. The van der Waals surface area contributed by atoms with Crippen LogP contribution in [0.1, 0.15) is 33.4 Å². The van der Waals surface area contributed by atoms with E-state index in [4.69, 9.17) is 9.31 Å². The zero-order chi connectivity index (χ0) is 16.1. The van der Waals surface area contributed by atoms with Crippen LogP contribution in [0.25, 0.3) is 0 Å². The summed E-state index contributed by atoms with van der Waals surface area (Å²) in [6, 6.07) is -0.359. The Morgan fingerprint density at radius 1 is 1.14 bits per heavy atom. The predicted octanol–water partition coefficient (Wildman–Crippen LogP) is 1.80. The highest BCUT2D eigenvalue weighted by Crippen LogP contribution is 2.37. The molecule has 0 radical (unpaired) electrons. The van der Waals surface area contributed by atoms with Crippen LogP contribution in [0.4, 0.5) is 13.2 Å². The molecular formula is C12H16BF3N2O3. The van der Waals surface area contributed by atoms with Crippen molar-refractivity contribution >= 4 is 12.6 Å². The van der Waals surface area contributed by atoms with Crippen molar-refractivity contribution in [1.82, 2.24) is 9.97 Å². The van der Waals surface area contributed by atoms with Crippen LogP contribution in [0.15, 0.2) is 6.20 Å². The Morgan fingerprint density at radius 2 is 1.67 bits per heavy atom. The zero-order valence-corrected chi connectivity index (χ0v) is 12.4. The van der Waals surface area contributed by atoms with Crippen LogP contribution in [0, 0.1) is 0 Å². The van der Waals surface area contributed by atoms with Crippen LogP contribution in [-0.4, -0.2) is 35.4 Å². The van der Waals surface area contributed by atoms with E-state index >= 15 is 0 Å². The van der Waals surface area contributed by atoms with Gasteiger partial charge in [-0.15, -0.1) is 0 Å². The average molecular weight is 304 g/mol. The molecule has 0 aliphatic carbocycles. The maximum Gasteiger partial charge on any atom is 0.498 e. The van der Waals surface area contributed by atoms with Gasteiger partial charge >= 0.3 is 19.3 Å². The summed E-state index contributed by atoms with van der Waals surface area (Å²) in [5.74, 6) is 0. The topological polar surface area (TPSA) is 53.5 Å². The van der Waals surface area contributed by atoms with Gasteiger partial charge in [-0.2, -0.15) is 18.2 Å². The summed E-state index contributed by atoms with van der Waals surface area (Å²) < 4.78 is 55.3. The predicted molar refractivity (Wildman–Crippen MR) is 69.3 cm³/mol. The van der Waals surface area contributed by atoms with Gasteiger partial charge in [0.2, 0.25) is 0 Å². The summed E-state index contributed by atoms with van der Waals surface area (Å²) in [5, 5.41) is 0. The van der Waals surface area contributed by atoms with Gasteiger partial charge in [-0.3, -0.25) is 0 Å². The number of aromatic nitrogens is 2. The van der Waals surface area contributed by atoms with Crippen molar-refractivity contribution in [2.24, 2.45) is 0 Å². The Labute approximate surface area is 121 Å².